The third-order valence-corrected chi connectivity index (χ3v) is 4.91. The van der Waals surface area contributed by atoms with E-state index in [1.54, 1.807) is 0 Å². The Hall–Kier alpha value is -1.91. The van der Waals surface area contributed by atoms with E-state index in [0.717, 1.165) is 37.6 Å². The number of hydrogen-bond donors (Lipinski definition) is 1. The largest absolute Gasteiger partial charge is 0.450 e. The minimum absolute atomic E-state index is 0.369. The minimum atomic E-state index is -0.369. The van der Waals surface area contributed by atoms with Gasteiger partial charge in [0.25, 0.3) is 0 Å². The van der Waals surface area contributed by atoms with Crippen LogP contribution in [0.3, 0.4) is 0 Å². The quantitative estimate of drug-likeness (QED) is 0.896. The highest BCUT2D eigenvalue weighted by atomic mass is 16.5. The van der Waals surface area contributed by atoms with Crippen LogP contribution in [0.25, 0.3) is 0 Å². The van der Waals surface area contributed by atoms with E-state index in [0.29, 0.717) is 6.61 Å². The Balaban J connectivity index is 1.84. The van der Waals surface area contributed by atoms with Crippen LogP contribution in [0.15, 0.2) is 18.2 Å². The number of anilines is 3. The van der Waals surface area contributed by atoms with Gasteiger partial charge in [-0.3, -0.25) is 5.32 Å². The maximum Gasteiger partial charge on any atom is 0.411 e. The van der Waals surface area contributed by atoms with E-state index in [1.165, 1.54) is 44.2 Å². The van der Waals surface area contributed by atoms with Crippen LogP contribution in [-0.4, -0.2) is 38.9 Å². The van der Waals surface area contributed by atoms with Gasteiger partial charge in [-0.25, -0.2) is 4.79 Å². The Kier molecular flexibility index (Phi) is 5.83. The van der Waals surface area contributed by atoms with Gasteiger partial charge in [0.2, 0.25) is 0 Å². The van der Waals surface area contributed by atoms with Crippen LogP contribution in [0.4, 0.5) is 21.9 Å². The molecule has 5 nitrogen and oxygen atoms in total. The van der Waals surface area contributed by atoms with Crippen LogP contribution in [0, 0.1) is 0 Å². The fraction of sp³-hybridized carbons (Fsp3) is 0.632. The van der Waals surface area contributed by atoms with E-state index in [1.807, 2.05) is 6.92 Å². The number of ether oxygens (including phenoxy) is 1. The first kappa shape index (κ1) is 16.9. The SMILES string of the molecule is CCOC(=O)Nc1cc(N2CCCCC2)ccc1N1CCCCC1. The molecule has 2 aliphatic rings. The Morgan fingerprint density at radius 2 is 1.62 bits per heavy atom. The maximum atomic E-state index is 12.0. The molecule has 2 fully saturated rings. The van der Waals surface area contributed by atoms with Crippen molar-refractivity contribution in [3.63, 3.8) is 0 Å². The highest BCUT2D eigenvalue weighted by molar-refractivity contribution is 5.91. The number of rotatable bonds is 4. The molecule has 0 unspecified atom stereocenters. The van der Waals surface area contributed by atoms with Gasteiger partial charge in [-0.1, -0.05) is 0 Å². The number of carbonyl (C=O) groups is 1. The highest BCUT2D eigenvalue weighted by Crippen LogP contribution is 2.33. The molecule has 0 bridgehead atoms. The molecule has 0 radical (unpaired) electrons. The number of nitrogens with one attached hydrogen (secondary N) is 1. The third-order valence-electron chi connectivity index (χ3n) is 4.91. The number of hydrogen-bond acceptors (Lipinski definition) is 4. The molecule has 0 aromatic heterocycles. The van der Waals surface area contributed by atoms with Crippen molar-refractivity contribution in [2.24, 2.45) is 0 Å². The number of nitrogens with zero attached hydrogens (tertiary/aromatic N) is 2. The van der Waals surface area contributed by atoms with E-state index in [2.05, 4.69) is 33.3 Å². The summed E-state index contributed by atoms with van der Waals surface area (Å²) in [5.41, 5.74) is 3.18. The first-order valence-electron chi connectivity index (χ1n) is 9.35. The number of benzene rings is 1. The van der Waals surface area contributed by atoms with Crippen LogP contribution in [0.2, 0.25) is 0 Å². The summed E-state index contributed by atoms with van der Waals surface area (Å²) in [5.74, 6) is 0. The van der Waals surface area contributed by atoms with Gasteiger partial charge in [0.1, 0.15) is 0 Å². The number of piperidine rings is 2. The van der Waals surface area contributed by atoms with Crippen molar-refractivity contribution in [2.45, 2.75) is 45.4 Å². The summed E-state index contributed by atoms with van der Waals surface area (Å²) >= 11 is 0. The lowest BCUT2D eigenvalue weighted by atomic mass is 10.1. The fourth-order valence-corrected chi connectivity index (χ4v) is 3.66. The molecule has 0 atom stereocenters. The van der Waals surface area contributed by atoms with Gasteiger partial charge in [-0.05, 0) is 63.6 Å². The van der Waals surface area contributed by atoms with Crippen molar-refractivity contribution < 1.29 is 9.53 Å². The van der Waals surface area contributed by atoms with Crippen LogP contribution < -0.4 is 15.1 Å². The lowest BCUT2D eigenvalue weighted by Crippen LogP contribution is -2.32. The summed E-state index contributed by atoms with van der Waals surface area (Å²) < 4.78 is 5.09. The van der Waals surface area contributed by atoms with Crippen molar-refractivity contribution in [2.75, 3.05) is 47.9 Å². The molecule has 2 heterocycles. The van der Waals surface area contributed by atoms with Crippen molar-refractivity contribution >= 4 is 23.2 Å². The van der Waals surface area contributed by atoms with Crippen molar-refractivity contribution in [1.82, 2.24) is 0 Å². The van der Waals surface area contributed by atoms with E-state index in [9.17, 15) is 4.79 Å². The first-order valence-corrected chi connectivity index (χ1v) is 9.35. The van der Waals surface area contributed by atoms with Crippen molar-refractivity contribution in [3.05, 3.63) is 18.2 Å². The van der Waals surface area contributed by atoms with E-state index >= 15 is 0 Å². The van der Waals surface area contributed by atoms with Gasteiger partial charge < -0.3 is 14.5 Å². The van der Waals surface area contributed by atoms with Gasteiger partial charge in [0.05, 0.1) is 18.0 Å². The number of carbonyl (C=O) groups excluding carboxylic acids is 1. The molecule has 3 rings (SSSR count). The van der Waals surface area contributed by atoms with Gasteiger partial charge in [-0.15, -0.1) is 0 Å². The Labute approximate surface area is 145 Å². The molecular weight excluding hydrogens is 302 g/mol. The molecule has 1 aromatic carbocycles. The Bertz CT molecular complexity index is 550. The topological polar surface area (TPSA) is 44.8 Å². The molecule has 1 amide bonds. The summed E-state index contributed by atoms with van der Waals surface area (Å²) in [4.78, 5) is 16.8. The molecule has 2 aliphatic heterocycles. The predicted octanol–water partition coefficient (Wildman–Crippen LogP) is 4.24. The van der Waals surface area contributed by atoms with E-state index in [-0.39, 0.29) is 6.09 Å². The molecule has 2 saturated heterocycles. The van der Waals surface area contributed by atoms with Crippen LogP contribution >= 0.6 is 0 Å². The van der Waals surface area contributed by atoms with E-state index < -0.39 is 0 Å². The second-order valence-corrected chi connectivity index (χ2v) is 6.64. The van der Waals surface area contributed by atoms with Crippen LogP contribution in [-0.2, 0) is 4.74 Å². The molecule has 5 heteroatoms. The first-order chi connectivity index (χ1) is 11.8. The smallest absolute Gasteiger partial charge is 0.411 e. The highest BCUT2D eigenvalue weighted by Gasteiger charge is 2.19. The Morgan fingerprint density at radius 1 is 1.00 bits per heavy atom. The predicted molar refractivity (Wildman–Crippen MR) is 99.2 cm³/mol. The molecule has 1 N–H and O–H groups in total. The molecular formula is C19H29N3O2. The maximum absolute atomic E-state index is 12.0. The summed E-state index contributed by atoms with van der Waals surface area (Å²) in [6, 6.07) is 6.48. The van der Waals surface area contributed by atoms with Gasteiger partial charge in [0.15, 0.2) is 0 Å². The minimum Gasteiger partial charge on any atom is -0.450 e. The zero-order chi connectivity index (χ0) is 16.8. The van der Waals surface area contributed by atoms with Gasteiger partial charge >= 0.3 is 6.09 Å². The van der Waals surface area contributed by atoms with Crippen LogP contribution in [0.5, 0.6) is 0 Å². The standard InChI is InChI=1S/C19H29N3O2/c1-2-24-19(23)20-17-15-16(21-11-5-3-6-12-21)9-10-18(17)22-13-7-4-8-14-22/h9-10,15H,2-8,11-14H2,1H3,(H,20,23). The second-order valence-electron chi connectivity index (χ2n) is 6.64. The van der Waals surface area contributed by atoms with E-state index in [4.69, 9.17) is 4.74 Å². The normalized spacial score (nSPS) is 18.4. The van der Waals surface area contributed by atoms with Crippen molar-refractivity contribution in [1.29, 1.82) is 0 Å². The van der Waals surface area contributed by atoms with Crippen molar-refractivity contribution in [3.8, 4) is 0 Å². The summed E-state index contributed by atoms with van der Waals surface area (Å²) in [6.45, 7) is 6.52. The summed E-state index contributed by atoms with van der Waals surface area (Å²) in [6.07, 6.45) is 7.16. The monoisotopic (exact) mass is 331 g/mol. The summed E-state index contributed by atoms with van der Waals surface area (Å²) in [5, 5.41) is 2.96. The zero-order valence-electron chi connectivity index (χ0n) is 14.7. The summed E-state index contributed by atoms with van der Waals surface area (Å²) in [7, 11) is 0. The molecule has 0 aliphatic carbocycles. The van der Waals surface area contributed by atoms with Gasteiger partial charge in [0, 0.05) is 31.9 Å². The molecule has 1 aromatic rings. The lowest BCUT2D eigenvalue weighted by Gasteiger charge is -2.33. The second kappa shape index (κ2) is 8.27. The number of amides is 1. The van der Waals surface area contributed by atoms with Gasteiger partial charge in [-0.2, -0.15) is 0 Å². The molecule has 0 saturated carbocycles. The zero-order valence-corrected chi connectivity index (χ0v) is 14.7. The fourth-order valence-electron chi connectivity index (χ4n) is 3.66. The third kappa shape index (κ3) is 4.13. The lowest BCUT2D eigenvalue weighted by molar-refractivity contribution is 0.168. The Morgan fingerprint density at radius 3 is 2.25 bits per heavy atom. The van der Waals surface area contributed by atoms with Crippen LogP contribution in [0.1, 0.15) is 45.4 Å². The average molecular weight is 331 g/mol. The average Bonchev–Trinajstić information content (AvgIpc) is 2.63. The molecule has 0 spiro atoms. The molecule has 132 valence electrons. The molecule has 24 heavy (non-hydrogen) atoms.